The Bertz CT molecular complexity index is 1350. The second-order valence-electron chi connectivity index (χ2n) is 13.4. The molecule has 2 saturated heterocycles. The third-order valence-corrected chi connectivity index (χ3v) is 11.1. The van der Waals surface area contributed by atoms with Crippen LogP contribution in [0.15, 0.2) is 42.6 Å². The molecular formula is C32H40N6O4. The maximum Gasteiger partial charge on any atom is 0.322 e. The number of ether oxygens (including phenoxy) is 2. The number of nitrogens with one attached hydrogen (secondary N) is 1. The number of pyridine rings is 1. The smallest absolute Gasteiger partial charge is 0.322 e. The van der Waals surface area contributed by atoms with Crippen molar-refractivity contribution < 1.29 is 19.1 Å². The van der Waals surface area contributed by atoms with Crippen molar-refractivity contribution in [2.24, 2.45) is 28.9 Å². The molecule has 3 N–H and O–H groups in total. The quantitative estimate of drug-likeness (QED) is 0.574. The van der Waals surface area contributed by atoms with Gasteiger partial charge in [-0.1, -0.05) is 12.1 Å². The number of carbonyl (C=O) groups is 2. The topological polar surface area (TPSA) is 113 Å². The first-order valence-corrected chi connectivity index (χ1v) is 15.7. The van der Waals surface area contributed by atoms with E-state index in [-0.39, 0.29) is 29.2 Å². The minimum atomic E-state index is -0.388. The number of anilines is 4. The lowest BCUT2D eigenvalue weighted by Gasteiger charge is -2.59. The molecule has 4 saturated carbocycles. The van der Waals surface area contributed by atoms with Crippen molar-refractivity contribution in [3.05, 3.63) is 42.6 Å². The van der Waals surface area contributed by atoms with E-state index in [9.17, 15) is 9.59 Å². The number of primary amides is 1. The first kappa shape index (κ1) is 26.3. The summed E-state index contributed by atoms with van der Waals surface area (Å²) in [4.78, 5) is 37.4. The fraction of sp³-hybridized carbons (Fsp3) is 0.594. The highest BCUT2D eigenvalue weighted by molar-refractivity contribution is 5.98. The van der Waals surface area contributed by atoms with Crippen molar-refractivity contribution in [2.75, 3.05) is 54.1 Å². The molecule has 3 amide bonds. The van der Waals surface area contributed by atoms with E-state index in [4.69, 9.17) is 20.2 Å². The lowest BCUT2D eigenvalue weighted by molar-refractivity contribution is -0.169. The van der Waals surface area contributed by atoms with Crippen molar-refractivity contribution >= 4 is 34.8 Å². The lowest BCUT2D eigenvalue weighted by atomic mass is 9.47. The Kier molecular flexibility index (Phi) is 6.16. The molecule has 2 unspecified atom stereocenters. The second-order valence-corrected chi connectivity index (χ2v) is 13.4. The van der Waals surface area contributed by atoms with Crippen LogP contribution in [0.3, 0.4) is 0 Å². The molecule has 1 aromatic heterocycles. The van der Waals surface area contributed by atoms with Gasteiger partial charge in [0.25, 0.3) is 0 Å². The number of benzene rings is 1. The molecule has 10 nitrogen and oxygen atoms in total. The van der Waals surface area contributed by atoms with Gasteiger partial charge in [0.2, 0.25) is 5.91 Å². The summed E-state index contributed by atoms with van der Waals surface area (Å²) in [6, 6.07) is 12.4. The lowest BCUT2D eigenvalue weighted by Crippen LogP contribution is -2.63. The summed E-state index contributed by atoms with van der Waals surface area (Å²) in [6.07, 6.45) is 8.41. The van der Waals surface area contributed by atoms with Crippen molar-refractivity contribution in [3.63, 3.8) is 0 Å². The van der Waals surface area contributed by atoms with Crippen LogP contribution in [0.1, 0.15) is 44.9 Å². The maximum atomic E-state index is 13.8. The van der Waals surface area contributed by atoms with Crippen LogP contribution >= 0.6 is 0 Å². The fourth-order valence-electron chi connectivity index (χ4n) is 9.21. The van der Waals surface area contributed by atoms with Gasteiger partial charge in [0.15, 0.2) is 5.79 Å². The Morgan fingerprint density at radius 2 is 1.62 bits per heavy atom. The minimum absolute atomic E-state index is 0.0471. The first-order valence-electron chi connectivity index (χ1n) is 15.7. The maximum absolute atomic E-state index is 13.8. The molecule has 3 aliphatic heterocycles. The standard InChI is InChI=1S/C32H40N6O4/c33-29(39)31-17-21-15-22(18-31)28(23(16-21)19-31)35-30(40)38-12-11-37(25-3-1-2-4-26(25)38)27-6-5-24(20-34-27)36-9-7-32(8-10-36)41-13-14-42-32/h1-6,20-23,28H,7-19H2,(H2,33,39)(H,35,40). The molecule has 0 radical (unpaired) electrons. The van der Waals surface area contributed by atoms with E-state index in [0.717, 1.165) is 80.9 Å². The zero-order valence-corrected chi connectivity index (χ0v) is 24.0. The number of nitrogens with zero attached hydrogens (tertiary/aromatic N) is 4. The predicted molar refractivity (Wildman–Crippen MR) is 159 cm³/mol. The van der Waals surface area contributed by atoms with Gasteiger partial charge in [-0.2, -0.15) is 0 Å². The monoisotopic (exact) mass is 572 g/mol. The normalized spacial score (nSPS) is 32.7. The van der Waals surface area contributed by atoms with Crippen molar-refractivity contribution in [1.82, 2.24) is 10.3 Å². The number of nitrogens with two attached hydrogens (primary N) is 1. The molecule has 10 heteroatoms. The van der Waals surface area contributed by atoms with Crippen LogP contribution < -0.4 is 25.8 Å². The Hall–Kier alpha value is -3.37. The number of fused-ring (bicyclic) bond motifs is 1. The molecule has 42 heavy (non-hydrogen) atoms. The number of rotatable bonds is 4. The Morgan fingerprint density at radius 3 is 2.29 bits per heavy atom. The summed E-state index contributed by atoms with van der Waals surface area (Å²) in [5, 5.41) is 3.42. The van der Waals surface area contributed by atoms with E-state index in [1.54, 1.807) is 0 Å². The zero-order chi connectivity index (χ0) is 28.5. The number of amides is 3. The second kappa shape index (κ2) is 9.84. The average Bonchev–Trinajstić information content (AvgIpc) is 3.46. The number of para-hydroxylation sites is 2. The SMILES string of the molecule is NC(=O)C12CC3CC(C1)C(NC(=O)N1CCN(c4ccc(N5CCC6(CC5)OCCO6)cn4)c4ccccc41)C(C3)C2. The van der Waals surface area contributed by atoms with E-state index in [1.165, 1.54) is 0 Å². The van der Waals surface area contributed by atoms with Gasteiger partial charge >= 0.3 is 6.03 Å². The molecule has 1 aromatic carbocycles. The average molecular weight is 573 g/mol. The van der Waals surface area contributed by atoms with Gasteiger partial charge in [-0.3, -0.25) is 9.69 Å². The van der Waals surface area contributed by atoms with Crippen molar-refractivity contribution in [1.29, 1.82) is 0 Å². The number of hydrogen-bond acceptors (Lipinski definition) is 7. The Morgan fingerprint density at radius 1 is 0.905 bits per heavy atom. The number of piperidine rings is 1. The van der Waals surface area contributed by atoms with E-state index in [1.807, 2.05) is 29.3 Å². The van der Waals surface area contributed by atoms with Gasteiger partial charge in [-0.15, -0.1) is 0 Å². The molecule has 7 aliphatic rings. The van der Waals surface area contributed by atoms with Crippen molar-refractivity contribution in [3.8, 4) is 0 Å². The molecular weight excluding hydrogens is 532 g/mol. The highest BCUT2D eigenvalue weighted by Gasteiger charge is 2.58. The molecule has 1 spiro atoms. The van der Waals surface area contributed by atoms with Gasteiger partial charge in [-0.05, 0) is 74.1 Å². The highest BCUT2D eigenvalue weighted by atomic mass is 16.7. The molecule has 222 valence electrons. The minimum Gasteiger partial charge on any atom is -0.370 e. The van der Waals surface area contributed by atoms with Gasteiger partial charge < -0.3 is 30.3 Å². The predicted octanol–water partition coefficient (Wildman–Crippen LogP) is 3.77. The molecule has 9 rings (SSSR count). The van der Waals surface area contributed by atoms with Gasteiger partial charge in [0.1, 0.15) is 5.82 Å². The largest absolute Gasteiger partial charge is 0.370 e. The third kappa shape index (κ3) is 4.25. The van der Waals surface area contributed by atoms with Gasteiger partial charge in [0.05, 0.1) is 36.5 Å². The molecule has 4 heterocycles. The number of carbonyl (C=O) groups excluding carboxylic acids is 2. The van der Waals surface area contributed by atoms with E-state index < -0.39 is 0 Å². The first-order chi connectivity index (χ1) is 20.4. The zero-order valence-electron chi connectivity index (χ0n) is 24.0. The summed E-state index contributed by atoms with van der Waals surface area (Å²) >= 11 is 0. The van der Waals surface area contributed by atoms with E-state index in [2.05, 4.69) is 33.3 Å². The van der Waals surface area contributed by atoms with Crippen LogP contribution in [0.25, 0.3) is 0 Å². The molecule has 6 fully saturated rings. The Labute approximate surface area is 246 Å². The molecule has 2 atom stereocenters. The highest BCUT2D eigenvalue weighted by Crippen LogP contribution is 2.60. The van der Waals surface area contributed by atoms with Crippen LogP contribution in [0.4, 0.5) is 27.7 Å². The molecule has 4 bridgehead atoms. The van der Waals surface area contributed by atoms with E-state index >= 15 is 0 Å². The van der Waals surface area contributed by atoms with Gasteiger partial charge in [-0.25, -0.2) is 9.78 Å². The summed E-state index contributed by atoms with van der Waals surface area (Å²) in [5.74, 6) is 1.57. The number of hydrogen-bond donors (Lipinski definition) is 2. The summed E-state index contributed by atoms with van der Waals surface area (Å²) in [6.45, 7) is 4.35. The molecule has 2 aromatic rings. The fourth-order valence-corrected chi connectivity index (χ4v) is 9.21. The van der Waals surface area contributed by atoms with E-state index in [0.29, 0.717) is 44.1 Å². The van der Waals surface area contributed by atoms with Crippen molar-refractivity contribution in [2.45, 2.75) is 56.8 Å². The number of aromatic nitrogens is 1. The van der Waals surface area contributed by atoms with Crippen LogP contribution in [0, 0.1) is 23.2 Å². The van der Waals surface area contributed by atoms with Crippen LogP contribution in [0.2, 0.25) is 0 Å². The number of urea groups is 1. The van der Waals surface area contributed by atoms with Crippen LogP contribution in [-0.4, -0.2) is 68.1 Å². The summed E-state index contributed by atoms with van der Waals surface area (Å²) < 4.78 is 11.8. The summed E-state index contributed by atoms with van der Waals surface area (Å²) in [5.41, 5.74) is 8.50. The van der Waals surface area contributed by atoms with Crippen LogP contribution in [-0.2, 0) is 14.3 Å². The third-order valence-electron chi connectivity index (χ3n) is 11.1. The molecule has 4 aliphatic carbocycles. The van der Waals surface area contributed by atoms with Gasteiger partial charge in [0, 0.05) is 50.5 Å². The summed E-state index contributed by atoms with van der Waals surface area (Å²) in [7, 11) is 0. The van der Waals surface area contributed by atoms with Crippen LogP contribution in [0.5, 0.6) is 0 Å². The Balaban J connectivity index is 0.962.